The summed E-state index contributed by atoms with van der Waals surface area (Å²) in [6.07, 6.45) is 4.38. The summed E-state index contributed by atoms with van der Waals surface area (Å²) in [4.78, 5) is 21.1. The molecule has 1 N–H and O–H groups in total. The maximum atomic E-state index is 12.3. The first-order chi connectivity index (χ1) is 11.3. The number of carbonyl (C=O) groups excluding carboxylic acids is 1. The maximum Gasteiger partial charge on any atom is 0.227 e. The van der Waals surface area contributed by atoms with Crippen LogP contribution in [0.3, 0.4) is 0 Å². The molecular weight excluding hydrogens is 290 g/mol. The van der Waals surface area contributed by atoms with Crippen molar-refractivity contribution in [3.63, 3.8) is 0 Å². The van der Waals surface area contributed by atoms with E-state index in [2.05, 4.69) is 15.3 Å². The van der Waals surface area contributed by atoms with Crippen molar-refractivity contribution < 1.29 is 9.21 Å². The molecule has 1 aliphatic carbocycles. The summed E-state index contributed by atoms with van der Waals surface area (Å²) in [6.45, 7) is 0. The minimum Gasteiger partial charge on any atom is -0.469 e. The number of anilines is 2. The molecule has 114 valence electrons. The quantitative estimate of drug-likeness (QED) is 0.798. The fourth-order valence-corrected chi connectivity index (χ4v) is 2.88. The SMILES string of the molecule is O=C1C[C@H](c2ccco2)Cc2nc(Nc3ccccc3)ncc21. The summed E-state index contributed by atoms with van der Waals surface area (Å²) in [5.41, 5.74) is 2.31. The third-order valence-corrected chi connectivity index (χ3v) is 4.02. The smallest absolute Gasteiger partial charge is 0.227 e. The summed E-state index contributed by atoms with van der Waals surface area (Å²) in [6, 6.07) is 13.5. The van der Waals surface area contributed by atoms with Gasteiger partial charge in [0.25, 0.3) is 0 Å². The largest absolute Gasteiger partial charge is 0.469 e. The van der Waals surface area contributed by atoms with Gasteiger partial charge in [-0.1, -0.05) is 18.2 Å². The number of ketones is 1. The number of fused-ring (bicyclic) bond motifs is 1. The maximum absolute atomic E-state index is 12.3. The van der Waals surface area contributed by atoms with Crippen molar-refractivity contribution in [3.05, 3.63) is 71.9 Å². The molecule has 1 aromatic carbocycles. The van der Waals surface area contributed by atoms with Crippen LogP contribution >= 0.6 is 0 Å². The van der Waals surface area contributed by atoms with Crippen molar-refractivity contribution >= 4 is 17.4 Å². The van der Waals surface area contributed by atoms with E-state index in [0.717, 1.165) is 17.1 Å². The van der Waals surface area contributed by atoms with Crippen molar-refractivity contribution in [2.45, 2.75) is 18.8 Å². The molecule has 1 aliphatic rings. The molecule has 0 unspecified atom stereocenters. The lowest BCUT2D eigenvalue weighted by Gasteiger charge is -2.21. The van der Waals surface area contributed by atoms with Crippen molar-refractivity contribution in [3.8, 4) is 0 Å². The number of Topliss-reactive ketones (excluding diaryl/α,β-unsaturated/α-hetero) is 1. The number of benzene rings is 1. The van der Waals surface area contributed by atoms with Crippen molar-refractivity contribution in [2.24, 2.45) is 0 Å². The zero-order valence-electron chi connectivity index (χ0n) is 12.4. The van der Waals surface area contributed by atoms with Crippen molar-refractivity contribution in [1.29, 1.82) is 0 Å². The average molecular weight is 305 g/mol. The van der Waals surface area contributed by atoms with Crippen LogP contribution in [0.15, 0.2) is 59.3 Å². The van der Waals surface area contributed by atoms with Crippen LogP contribution in [0, 0.1) is 0 Å². The average Bonchev–Trinajstić information content (AvgIpc) is 3.10. The Morgan fingerprint density at radius 1 is 1.09 bits per heavy atom. The zero-order chi connectivity index (χ0) is 15.6. The summed E-state index contributed by atoms with van der Waals surface area (Å²) in [7, 11) is 0. The predicted octanol–water partition coefficient (Wildman–Crippen LogP) is 3.73. The van der Waals surface area contributed by atoms with Crippen LogP contribution in [0.25, 0.3) is 0 Å². The second-order valence-electron chi connectivity index (χ2n) is 5.59. The minimum absolute atomic E-state index is 0.0458. The molecule has 4 rings (SSSR count). The van der Waals surface area contributed by atoms with Crippen molar-refractivity contribution in [1.82, 2.24) is 9.97 Å². The first kappa shape index (κ1) is 13.7. The first-order valence-electron chi connectivity index (χ1n) is 7.54. The Morgan fingerprint density at radius 2 is 1.96 bits per heavy atom. The molecule has 5 heteroatoms. The molecule has 5 nitrogen and oxygen atoms in total. The number of para-hydroxylation sites is 1. The number of nitrogens with one attached hydrogen (secondary N) is 1. The molecule has 0 saturated carbocycles. The van der Waals surface area contributed by atoms with Gasteiger partial charge in [0.2, 0.25) is 5.95 Å². The standard InChI is InChI=1S/C18H15N3O2/c22-16-10-12(17-7-4-8-23-17)9-15-14(16)11-19-18(21-15)20-13-5-2-1-3-6-13/h1-8,11-12H,9-10H2,(H,19,20,21)/t12-/m1/s1. The van der Waals surface area contributed by atoms with Crippen LogP contribution in [-0.2, 0) is 6.42 Å². The lowest BCUT2D eigenvalue weighted by molar-refractivity contribution is 0.0958. The third-order valence-electron chi connectivity index (χ3n) is 4.02. The Bertz CT molecular complexity index is 829. The summed E-state index contributed by atoms with van der Waals surface area (Å²) in [5.74, 6) is 1.45. The van der Waals surface area contributed by atoms with Gasteiger partial charge in [-0.25, -0.2) is 9.97 Å². The van der Waals surface area contributed by atoms with E-state index in [1.54, 1.807) is 12.5 Å². The van der Waals surface area contributed by atoms with Gasteiger partial charge in [0.15, 0.2) is 5.78 Å². The highest BCUT2D eigenvalue weighted by atomic mass is 16.3. The lowest BCUT2D eigenvalue weighted by Crippen LogP contribution is -2.20. The molecule has 0 spiro atoms. The fraction of sp³-hybridized carbons (Fsp3) is 0.167. The van der Waals surface area contributed by atoms with Gasteiger partial charge in [-0.2, -0.15) is 0 Å². The number of carbonyl (C=O) groups is 1. The van der Waals surface area contributed by atoms with E-state index >= 15 is 0 Å². The van der Waals surface area contributed by atoms with E-state index in [1.165, 1.54) is 0 Å². The Hall–Kier alpha value is -2.95. The molecule has 3 aromatic rings. The highest BCUT2D eigenvalue weighted by Crippen LogP contribution is 2.32. The normalized spacial score (nSPS) is 16.9. The fourth-order valence-electron chi connectivity index (χ4n) is 2.88. The second kappa shape index (κ2) is 5.68. The van der Waals surface area contributed by atoms with E-state index < -0.39 is 0 Å². The molecule has 0 radical (unpaired) electrons. The number of hydrogen-bond donors (Lipinski definition) is 1. The van der Waals surface area contributed by atoms with Crippen LogP contribution < -0.4 is 5.32 Å². The topological polar surface area (TPSA) is 68.0 Å². The van der Waals surface area contributed by atoms with Gasteiger partial charge >= 0.3 is 0 Å². The highest BCUT2D eigenvalue weighted by Gasteiger charge is 2.29. The number of furan rings is 1. The van der Waals surface area contributed by atoms with Gasteiger partial charge in [0.05, 0.1) is 17.5 Å². The molecule has 0 aliphatic heterocycles. The zero-order valence-corrected chi connectivity index (χ0v) is 12.4. The highest BCUT2D eigenvalue weighted by molar-refractivity contribution is 5.98. The molecule has 23 heavy (non-hydrogen) atoms. The van der Waals surface area contributed by atoms with Crippen LogP contribution in [0.2, 0.25) is 0 Å². The second-order valence-corrected chi connectivity index (χ2v) is 5.59. The number of aromatic nitrogens is 2. The van der Waals surface area contributed by atoms with Crippen LogP contribution in [0.5, 0.6) is 0 Å². The third kappa shape index (κ3) is 2.73. The molecule has 0 amide bonds. The lowest BCUT2D eigenvalue weighted by atomic mass is 9.85. The summed E-state index contributed by atoms with van der Waals surface area (Å²) in [5, 5.41) is 3.16. The van der Waals surface area contributed by atoms with E-state index in [-0.39, 0.29) is 11.7 Å². The molecule has 1 atom stereocenters. The van der Waals surface area contributed by atoms with Gasteiger partial charge in [-0.05, 0) is 24.3 Å². The Balaban J connectivity index is 1.63. The molecule has 0 bridgehead atoms. The Kier molecular flexibility index (Phi) is 3.38. The first-order valence-corrected chi connectivity index (χ1v) is 7.54. The Labute approximate surface area is 133 Å². The van der Waals surface area contributed by atoms with E-state index in [1.807, 2.05) is 42.5 Å². The van der Waals surface area contributed by atoms with Crippen molar-refractivity contribution in [2.75, 3.05) is 5.32 Å². The molecule has 0 fully saturated rings. The molecule has 2 aromatic heterocycles. The van der Waals surface area contributed by atoms with Gasteiger partial charge in [0.1, 0.15) is 5.76 Å². The van der Waals surface area contributed by atoms with Gasteiger partial charge in [-0.3, -0.25) is 4.79 Å². The predicted molar refractivity (Wildman–Crippen MR) is 85.9 cm³/mol. The Morgan fingerprint density at radius 3 is 2.74 bits per heavy atom. The van der Waals surface area contributed by atoms with Gasteiger partial charge in [-0.15, -0.1) is 0 Å². The van der Waals surface area contributed by atoms with Gasteiger partial charge in [0, 0.05) is 30.6 Å². The summed E-state index contributed by atoms with van der Waals surface area (Å²) >= 11 is 0. The van der Waals surface area contributed by atoms with Crippen LogP contribution in [0.4, 0.5) is 11.6 Å². The van der Waals surface area contributed by atoms with E-state index in [4.69, 9.17) is 4.42 Å². The number of nitrogens with zero attached hydrogens (tertiary/aromatic N) is 2. The van der Waals surface area contributed by atoms with Gasteiger partial charge < -0.3 is 9.73 Å². The molecule has 0 saturated heterocycles. The number of hydrogen-bond acceptors (Lipinski definition) is 5. The van der Waals surface area contributed by atoms with Crippen LogP contribution in [-0.4, -0.2) is 15.8 Å². The molecule has 2 heterocycles. The van der Waals surface area contributed by atoms with E-state index in [9.17, 15) is 4.79 Å². The minimum atomic E-state index is 0.0458. The monoisotopic (exact) mass is 305 g/mol. The summed E-state index contributed by atoms with van der Waals surface area (Å²) < 4.78 is 5.45. The van der Waals surface area contributed by atoms with Crippen LogP contribution in [0.1, 0.15) is 34.2 Å². The number of rotatable bonds is 3. The van der Waals surface area contributed by atoms with E-state index in [0.29, 0.717) is 24.4 Å². The molecular formula is C18H15N3O2.